The van der Waals surface area contributed by atoms with Crippen LogP contribution in [-0.4, -0.2) is 6.04 Å². The molecule has 0 saturated heterocycles. The van der Waals surface area contributed by atoms with Crippen molar-refractivity contribution < 1.29 is 4.39 Å². The van der Waals surface area contributed by atoms with Crippen LogP contribution in [0.3, 0.4) is 0 Å². The molecule has 1 aliphatic carbocycles. The van der Waals surface area contributed by atoms with Gasteiger partial charge >= 0.3 is 0 Å². The zero-order chi connectivity index (χ0) is 9.42. The van der Waals surface area contributed by atoms with Crippen molar-refractivity contribution in [1.29, 1.82) is 0 Å². The van der Waals surface area contributed by atoms with E-state index >= 15 is 0 Å². The van der Waals surface area contributed by atoms with E-state index in [4.69, 9.17) is 5.73 Å². The zero-order valence-electron chi connectivity index (χ0n) is 7.19. The van der Waals surface area contributed by atoms with Crippen LogP contribution in [0, 0.1) is 5.82 Å². The Labute approximate surface area is 85.3 Å². The van der Waals surface area contributed by atoms with Gasteiger partial charge in [-0.1, -0.05) is 6.07 Å². The summed E-state index contributed by atoms with van der Waals surface area (Å²) in [4.78, 5) is 0. The van der Waals surface area contributed by atoms with Gasteiger partial charge in [-0.3, -0.25) is 0 Å². The molecular weight excluding hydrogens is 233 g/mol. The van der Waals surface area contributed by atoms with E-state index in [1.54, 1.807) is 0 Å². The van der Waals surface area contributed by atoms with Crippen molar-refractivity contribution in [2.45, 2.75) is 25.3 Å². The standard InChI is InChI=1S/C10H11BrFN/c11-10-8-3-2-7(13)5-6(8)1-4-9(10)12/h1,4,7H,2-3,5,13H2/t7-/m1/s1. The lowest BCUT2D eigenvalue weighted by molar-refractivity contribution is 0.562. The molecule has 0 spiro atoms. The molecule has 1 atom stereocenters. The maximum atomic E-state index is 13.1. The Balaban J connectivity index is 2.47. The minimum Gasteiger partial charge on any atom is -0.327 e. The summed E-state index contributed by atoms with van der Waals surface area (Å²) in [6, 6.07) is 3.58. The second-order valence-corrected chi connectivity index (χ2v) is 4.29. The van der Waals surface area contributed by atoms with Gasteiger partial charge in [-0.25, -0.2) is 4.39 Å². The topological polar surface area (TPSA) is 26.0 Å². The van der Waals surface area contributed by atoms with E-state index in [0.717, 1.165) is 24.8 Å². The Kier molecular flexibility index (Phi) is 2.39. The van der Waals surface area contributed by atoms with Gasteiger partial charge in [0.05, 0.1) is 4.47 Å². The average Bonchev–Trinajstić information content (AvgIpc) is 2.12. The second kappa shape index (κ2) is 3.39. The number of hydrogen-bond donors (Lipinski definition) is 1. The summed E-state index contributed by atoms with van der Waals surface area (Å²) in [5.74, 6) is -0.172. The van der Waals surface area contributed by atoms with Crippen LogP contribution in [0.1, 0.15) is 17.5 Å². The van der Waals surface area contributed by atoms with Crippen molar-refractivity contribution in [3.05, 3.63) is 33.5 Å². The molecule has 1 aliphatic rings. The molecule has 0 unspecified atom stereocenters. The molecule has 0 aromatic heterocycles. The molecule has 0 saturated carbocycles. The summed E-state index contributed by atoms with van der Waals surface area (Å²) < 4.78 is 13.7. The molecule has 70 valence electrons. The Hall–Kier alpha value is -0.410. The van der Waals surface area contributed by atoms with E-state index in [9.17, 15) is 4.39 Å². The minimum absolute atomic E-state index is 0.172. The number of halogens is 2. The SMILES string of the molecule is N[C@@H]1CCc2c(ccc(F)c2Br)C1. The van der Waals surface area contributed by atoms with Gasteiger partial charge in [0.2, 0.25) is 0 Å². The van der Waals surface area contributed by atoms with Gasteiger partial charge in [0, 0.05) is 6.04 Å². The van der Waals surface area contributed by atoms with E-state index in [1.807, 2.05) is 6.07 Å². The Morgan fingerprint density at radius 3 is 3.00 bits per heavy atom. The summed E-state index contributed by atoms with van der Waals surface area (Å²) in [5.41, 5.74) is 8.11. The number of rotatable bonds is 0. The molecule has 3 heteroatoms. The van der Waals surface area contributed by atoms with Gasteiger partial charge in [-0.15, -0.1) is 0 Å². The van der Waals surface area contributed by atoms with Crippen LogP contribution in [-0.2, 0) is 12.8 Å². The fourth-order valence-electron chi connectivity index (χ4n) is 1.81. The molecule has 1 nitrogen and oxygen atoms in total. The van der Waals surface area contributed by atoms with Gasteiger partial charge in [-0.05, 0) is 52.4 Å². The van der Waals surface area contributed by atoms with Crippen LogP contribution < -0.4 is 5.73 Å². The first kappa shape index (κ1) is 9.16. The Morgan fingerprint density at radius 1 is 1.46 bits per heavy atom. The lowest BCUT2D eigenvalue weighted by Crippen LogP contribution is -2.28. The molecule has 2 N–H and O–H groups in total. The molecule has 0 amide bonds. The third-order valence-corrected chi connectivity index (χ3v) is 3.40. The van der Waals surface area contributed by atoms with Gasteiger partial charge in [0.15, 0.2) is 0 Å². The fraction of sp³-hybridized carbons (Fsp3) is 0.400. The van der Waals surface area contributed by atoms with Crippen molar-refractivity contribution in [2.75, 3.05) is 0 Å². The van der Waals surface area contributed by atoms with Crippen LogP contribution in [0.15, 0.2) is 16.6 Å². The van der Waals surface area contributed by atoms with E-state index in [2.05, 4.69) is 15.9 Å². The van der Waals surface area contributed by atoms with Crippen molar-refractivity contribution in [2.24, 2.45) is 5.73 Å². The van der Waals surface area contributed by atoms with Gasteiger partial charge in [0.25, 0.3) is 0 Å². The zero-order valence-corrected chi connectivity index (χ0v) is 8.77. The van der Waals surface area contributed by atoms with Crippen molar-refractivity contribution in [3.63, 3.8) is 0 Å². The van der Waals surface area contributed by atoms with E-state index in [1.165, 1.54) is 11.6 Å². The molecule has 1 aromatic rings. The number of benzene rings is 1. The van der Waals surface area contributed by atoms with Crippen LogP contribution in [0.2, 0.25) is 0 Å². The normalized spacial score (nSPS) is 21.3. The first-order chi connectivity index (χ1) is 6.18. The summed E-state index contributed by atoms with van der Waals surface area (Å²) >= 11 is 3.27. The molecule has 0 fully saturated rings. The van der Waals surface area contributed by atoms with Crippen molar-refractivity contribution >= 4 is 15.9 Å². The lowest BCUT2D eigenvalue weighted by atomic mass is 9.89. The van der Waals surface area contributed by atoms with E-state index in [0.29, 0.717) is 4.47 Å². The quantitative estimate of drug-likeness (QED) is 0.745. The number of hydrogen-bond acceptors (Lipinski definition) is 1. The van der Waals surface area contributed by atoms with Gasteiger partial charge in [0.1, 0.15) is 5.82 Å². The predicted octanol–water partition coefficient (Wildman–Crippen LogP) is 2.40. The smallest absolute Gasteiger partial charge is 0.137 e. The third-order valence-electron chi connectivity index (χ3n) is 2.54. The molecule has 1 aromatic carbocycles. The van der Waals surface area contributed by atoms with Crippen LogP contribution in [0.5, 0.6) is 0 Å². The molecule has 0 bridgehead atoms. The summed E-state index contributed by atoms with van der Waals surface area (Å²) in [6.45, 7) is 0. The Morgan fingerprint density at radius 2 is 2.23 bits per heavy atom. The molecule has 2 rings (SSSR count). The largest absolute Gasteiger partial charge is 0.327 e. The Bertz CT molecular complexity index is 338. The van der Waals surface area contributed by atoms with Crippen LogP contribution >= 0.6 is 15.9 Å². The van der Waals surface area contributed by atoms with Gasteiger partial charge in [-0.2, -0.15) is 0 Å². The molecule has 0 heterocycles. The van der Waals surface area contributed by atoms with Gasteiger partial charge < -0.3 is 5.73 Å². The van der Waals surface area contributed by atoms with Crippen LogP contribution in [0.4, 0.5) is 4.39 Å². The first-order valence-electron chi connectivity index (χ1n) is 4.40. The third kappa shape index (κ3) is 1.63. The minimum atomic E-state index is -0.172. The summed E-state index contributed by atoms with van der Waals surface area (Å²) in [7, 11) is 0. The van der Waals surface area contributed by atoms with Crippen molar-refractivity contribution in [3.8, 4) is 0 Å². The van der Waals surface area contributed by atoms with Crippen molar-refractivity contribution in [1.82, 2.24) is 0 Å². The average molecular weight is 244 g/mol. The highest BCUT2D eigenvalue weighted by atomic mass is 79.9. The predicted molar refractivity (Wildman–Crippen MR) is 54.1 cm³/mol. The number of nitrogens with two attached hydrogens (primary N) is 1. The molecule has 0 aliphatic heterocycles. The van der Waals surface area contributed by atoms with E-state index < -0.39 is 0 Å². The van der Waals surface area contributed by atoms with E-state index in [-0.39, 0.29) is 11.9 Å². The second-order valence-electron chi connectivity index (χ2n) is 3.50. The maximum absolute atomic E-state index is 13.1. The molecule has 0 radical (unpaired) electrons. The molecular formula is C10H11BrFN. The molecule has 13 heavy (non-hydrogen) atoms. The number of fused-ring (bicyclic) bond motifs is 1. The summed E-state index contributed by atoms with van der Waals surface area (Å²) in [6.07, 6.45) is 2.71. The highest BCUT2D eigenvalue weighted by molar-refractivity contribution is 9.10. The highest BCUT2D eigenvalue weighted by Gasteiger charge is 2.18. The lowest BCUT2D eigenvalue weighted by Gasteiger charge is -2.22. The summed E-state index contributed by atoms with van der Waals surface area (Å²) in [5, 5.41) is 0. The first-order valence-corrected chi connectivity index (χ1v) is 5.19. The van der Waals surface area contributed by atoms with Crippen LogP contribution in [0.25, 0.3) is 0 Å². The maximum Gasteiger partial charge on any atom is 0.137 e. The monoisotopic (exact) mass is 243 g/mol. The fourth-order valence-corrected chi connectivity index (χ4v) is 2.39. The highest BCUT2D eigenvalue weighted by Crippen LogP contribution is 2.29.